The Labute approximate surface area is 147 Å². The summed E-state index contributed by atoms with van der Waals surface area (Å²) in [7, 11) is -3.71. The zero-order chi connectivity index (χ0) is 18.4. The molecule has 1 saturated heterocycles. The minimum Gasteiger partial charge on any atom is -0.452 e. The molecule has 1 aliphatic rings. The first-order chi connectivity index (χ1) is 11.9. The number of esters is 1. The molecule has 0 unspecified atom stereocenters. The van der Waals surface area contributed by atoms with Crippen molar-refractivity contribution in [2.24, 2.45) is 0 Å². The van der Waals surface area contributed by atoms with Gasteiger partial charge in [0, 0.05) is 19.6 Å². The van der Waals surface area contributed by atoms with E-state index in [1.54, 1.807) is 19.9 Å². The van der Waals surface area contributed by atoms with E-state index in [9.17, 15) is 18.0 Å². The van der Waals surface area contributed by atoms with Crippen LogP contribution >= 0.6 is 0 Å². The van der Waals surface area contributed by atoms with Crippen molar-refractivity contribution in [1.29, 1.82) is 0 Å². The third-order valence-corrected chi connectivity index (χ3v) is 5.64. The van der Waals surface area contributed by atoms with E-state index < -0.39 is 28.5 Å². The molecule has 2 rings (SSSR count). The fourth-order valence-electron chi connectivity index (χ4n) is 2.37. The van der Waals surface area contributed by atoms with Crippen LogP contribution in [0.1, 0.15) is 22.8 Å². The molecule has 0 aliphatic carbocycles. The third-order valence-electron chi connectivity index (χ3n) is 3.75. The monoisotopic (exact) mass is 370 g/mol. The van der Waals surface area contributed by atoms with Gasteiger partial charge < -0.3 is 14.8 Å². The Hall–Kier alpha value is -1.97. The molecule has 0 aromatic heterocycles. The maximum absolute atomic E-state index is 12.7. The molecule has 1 aromatic carbocycles. The molecule has 25 heavy (non-hydrogen) atoms. The van der Waals surface area contributed by atoms with Gasteiger partial charge in [0.05, 0.1) is 23.7 Å². The normalized spacial score (nSPS) is 15.6. The molecule has 0 bridgehead atoms. The first-order valence-corrected chi connectivity index (χ1v) is 9.42. The number of hydrogen-bond donors (Lipinski definition) is 1. The lowest BCUT2D eigenvalue weighted by Crippen LogP contribution is -2.40. The molecule has 8 nitrogen and oxygen atoms in total. The lowest BCUT2D eigenvalue weighted by molar-refractivity contribution is -0.124. The number of nitrogens with one attached hydrogen (secondary N) is 1. The van der Waals surface area contributed by atoms with Crippen LogP contribution in [0.4, 0.5) is 0 Å². The average molecular weight is 370 g/mol. The smallest absolute Gasteiger partial charge is 0.338 e. The molecule has 1 heterocycles. The fraction of sp³-hybridized carbons (Fsp3) is 0.500. The molecular formula is C16H22N2O6S. The van der Waals surface area contributed by atoms with Crippen molar-refractivity contribution in [3.8, 4) is 0 Å². The number of nitrogens with zero attached hydrogens (tertiary/aromatic N) is 1. The molecule has 1 N–H and O–H groups in total. The van der Waals surface area contributed by atoms with Crippen molar-refractivity contribution in [2.45, 2.75) is 18.7 Å². The minimum absolute atomic E-state index is 0.0185. The fourth-order valence-corrected chi connectivity index (χ4v) is 3.81. The van der Waals surface area contributed by atoms with Gasteiger partial charge >= 0.3 is 5.97 Å². The first kappa shape index (κ1) is 19.4. The molecule has 0 spiro atoms. The molecule has 1 fully saturated rings. The van der Waals surface area contributed by atoms with Crippen LogP contribution in [0.2, 0.25) is 0 Å². The van der Waals surface area contributed by atoms with E-state index in [1.165, 1.54) is 16.4 Å². The number of aryl methyl sites for hydroxylation is 1. The van der Waals surface area contributed by atoms with Crippen LogP contribution in [0.5, 0.6) is 0 Å². The summed E-state index contributed by atoms with van der Waals surface area (Å²) >= 11 is 0. The number of carbonyl (C=O) groups excluding carboxylic acids is 2. The van der Waals surface area contributed by atoms with Crippen LogP contribution in [0.25, 0.3) is 0 Å². The molecule has 9 heteroatoms. The number of hydrogen-bond acceptors (Lipinski definition) is 6. The summed E-state index contributed by atoms with van der Waals surface area (Å²) in [5.74, 6) is -1.15. The van der Waals surface area contributed by atoms with Gasteiger partial charge in [-0.25, -0.2) is 13.2 Å². The summed E-state index contributed by atoms with van der Waals surface area (Å²) < 4.78 is 36.8. The van der Waals surface area contributed by atoms with Crippen molar-refractivity contribution < 1.29 is 27.5 Å². The second kappa shape index (κ2) is 8.41. The summed E-state index contributed by atoms with van der Waals surface area (Å²) in [6.07, 6.45) is 0. The Balaban J connectivity index is 2.19. The number of amides is 1. The highest BCUT2D eigenvalue weighted by atomic mass is 32.2. The zero-order valence-corrected chi connectivity index (χ0v) is 15.1. The Morgan fingerprint density at radius 3 is 2.60 bits per heavy atom. The van der Waals surface area contributed by atoms with Crippen LogP contribution in [-0.2, 0) is 24.3 Å². The highest BCUT2D eigenvalue weighted by molar-refractivity contribution is 7.89. The Kier molecular flexibility index (Phi) is 6.51. The minimum atomic E-state index is -3.71. The summed E-state index contributed by atoms with van der Waals surface area (Å²) in [5, 5.41) is 2.52. The van der Waals surface area contributed by atoms with Gasteiger partial charge in [-0.15, -0.1) is 0 Å². The van der Waals surface area contributed by atoms with E-state index >= 15 is 0 Å². The molecule has 0 saturated carbocycles. The van der Waals surface area contributed by atoms with Gasteiger partial charge in [0.1, 0.15) is 0 Å². The van der Waals surface area contributed by atoms with Crippen LogP contribution < -0.4 is 5.32 Å². The molecule has 138 valence electrons. The van der Waals surface area contributed by atoms with Crippen molar-refractivity contribution in [2.75, 3.05) is 39.5 Å². The predicted octanol–water partition coefficient (Wildman–Crippen LogP) is 0.309. The van der Waals surface area contributed by atoms with E-state index in [-0.39, 0.29) is 23.5 Å². The number of morpholine rings is 1. The van der Waals surface area contributed by atoms with Crippen molar-refractivity contribution in [1.82, 2.24) is 9.62 Å². The topological polar surface area (TPSA) is 102 Å². The van der Waals surface area contributed by atoms with Crippen LogP contribution in [0, 0.1) is 6.92 Å². The van der Waals surface area contributed by atoms with Gasteiger partial charge in [-0.1, -0.05) is 6.07 Å². The molecular weight excluding hydrogens is 348 g/mol. The van der Waals surface area contributed by atoms with Crippen molar-refractivity contribution in [3.63, 3.8) is 0 Å². The summed E-state index contributed by atoms with van der Waals surface area (Å²) in [5.41, 5.74) is 0.695. The second-order valence-electron chi connectivity index (χ2n) is 5.52. The molecule has 1 amide bonds. The van der Waals surface area contributed by atoms with Gasteiger partial charge in [-0.05, 0) is 31.5 Å². The highest BCUT2D eigenvalue weighted by Gasteiger charge is 2.27. The molecule has 1 aromatic rings. The van der Waals surface area contributed by atoms with Gasteiger partial charge in [-0.2, -0.15) is 4.31 Å². The first-order valence-electron chi connectivity index (χ1n) is 7.98. The van der Waals surface area contributed by atoms with E-state index in [0.717, 1.165) is 0 Å². The summed E-state index contributed by atoms with van der Waals surface area (Å²) in [6.45, 7) is 4.67. The lowest BCUT2D eigenvalue weighted by Gasteiger charge is -2.26. The van der Waals surface area contributed by atoms with E-state index in [2.05, 4.69) is 5.32 Å². The maximum atomic E-state index is 12.7. The average Bonchev–Trinajstić information content (AvgIpc) is 2.61. The van der Waals surface area contributed by atoms with Crippen LogP contribution in [0.15, 0.2) is 23.1 Å². The SMILES string of the molecule is CCNC(=O)COC(=O)c1cc(S(=O)(=O)N2CCOCC2)ccc1C. The van der Waals surface area contributed by atoms with Crippen molar-refractivity contribution >= 4 is 21.9 Å². The van der Waals surface area contributed by atoms with E-state index in [0.29, 0.717) is 25.3 Å². The number of ether oxygens (including phenoxy) is 2. The summed E-state index contributed by atoms with van der Waals surface area (Å²) in [6, 6.07) is 4.30. The summed E-state index contributed by atoms with van der Waals surface area (Å²) in [4.78, 5) is 23.6. The third kappa shape index (κ3) is 4.77. The maximum Gasteiger partial charge on any atom is 0.338 e. The molecule has 1 aliphatic heterocycles. The van der Waals surface area contributed by atoms with Gasteiger partial charge in [0.25, 0.3) is 5.91 Å². The Bertz CT molecular complexity index is 741. The number of likely N-dealkylation sites (N-methyl/N-ethyl adjacent to an activating group) is 1. The quantitative estimate of drug-likeness (QED) is 0.723. The van der Waals surface area contributed by atoms with E-state index in [1.807, 2.05) is 0 Å². The number of rotatable bonds is 6. The Morgan fingerprint density at radius 1 is 1.28 bits per heavy atom. The highest BCUT2D eigenvalue weighted by Crippen LogP contribution is 2.21. The number of benzene rings is 1. The number of sulfonamides is 1. The number of carbonyl (C=O) groups is 2. The van der Waals surface area contributed by atoms with Gasteiger partial charge in [-0.3, -0.25) is 4.79 Å². The largest absolute Gasteiger partial charge is 0.452 e. The lowest BCUT2D eigenvalue weighted by atomic mass is 10.1. The Morgan fingerprint density at radius 2 is 1.96 bits per heavy atom. The van der Waals surface area contributed by atoms with Gasteiger partial charge in [0.2, 0.25) is 10.0 Å². The standard InChI is InChI=1S/C16H22N2O6S/c1-3-17-15(19)11-24-16(20)14-10-13(5-4-12(14)2)25(21,22)18-6-8-23-9-7-18/h4-5,10H,3,6-9,11H2,1-2H3,(H,17,19). The second-order valence-corrected chi connectivity index (χ2v) is 7.46. The van der Waals surface area contributed by atoms with Crippen LogP contribution in [0.3, 0.4) is 0 Å². The van der Waals surface area contributed by atoms with Crippen LogP contribution in [-0.4, -0.2) is 64.1 Å². The molecule has 0 atom stereocenters. The molecule has 0 radical (unpaired) electrons. The zero-order valence-electron chi connectivity index (χ0n) is 14.3. The van der Waals surface area contributed by atoms with E-state index in [4.69, 9.17) is 9.47 Å². The predicted molar refractivity (Wildman–Crippen MR) is 89.7 cm³/mol. The van der Waals surface area contributed by atoms with Gasteiger partial charge in [0.15, 0.2) is 6.61 Å². The van der Waals surface area contributed by atoms with Crippen molar-refractivity contribution in [3.05, 3.63) is 29.3 Å².